The number of esters is 2. The van der Waals surface area contributed by atoms with Crippen molar-refractivity contribution < 1.29 is 38.0 Å². The van der Waals surface area contributed by atoms with Gasteiger partial charge in [0.05, 0.1) is 25.0 Å². The van der Waals surface area contributed by atoms with Crippen molar-refractivity contribution in [1.82, 2.24) is 10.3 Å². The highest BCUT2D eigenvalue weighted by atomic mass is 79.9. The molecule has 2 heterocycles. The molecule has 0 bridgehead atoms. The zero-order valence-corrected chi connectivity index (χ0v) is 40.7. The molecule has 0 spiro atoms. The average molecular weight is 968 g/mol. The van der Waals surface area contributed by atoms with E-state index < -0.39 is 12.1 Å². The van der Waals surface area contributed by atoms with Gasteiger partial charge in [-0.05, 0) is 54.5 Å². The van der Waals surface area contributed by atoms with E-state index in [4.69, 9.17) is 18.5 Å². The van der Waals surface area contributed by atoms with Crippen LogP contribution in [0.4, 0.5) is 0 Å². The van der Waals surface area contributed by atoms with E-state index in [1.165, 1.54) is 14.2 Å². The number of halogens is 1. The maximum absolute atomic E-state index is 12.7. The lowest BCUT2D eigenvalue weighted by molar-refractivity contribution is -0.149. The van der Waals surface area contributed by atoms with E-state index in [0.717, 1.165) is 124 Å². The molecule has 0 saturated carbocycles. The van der Waals surface area contributed by atoms with Gasteiger partial charge in [-0.15, -0.1) is 0 Å². The van der Waals surface area contributed by atoms with Crippen LogP contribution in [0.5, 0.6) is 11.5 Å². The average Bonchev–Trinajstić information content (AvgIpc) is 4.00. The number of phenolic OH excluding ortho intramolecular Hbond substituents is 1. The molecule has 11 heteroatoms. The van der Waals surface area contributed by atoms with Crippen LogP contribution in [-0.2, 0) is 44.7 Å². The van der Waals surface area contributed by atoms with Gasteiger partial charge in [0.2, 0.25) is 6.10 Å². The molecule has 0 aliphatic rings. The third kappa shape index (κ3) is 12.0. The number of hydrogen-bond donors (Lipinski definition) is 1. The third-order valence-corrected chi connectivity index (χ3v) is 12.1. The molecule has 10 nitrogen and oxygen atoms in total. The van der Waals surface area contributed by atoms with Crippen LogP contribution in [0, 0.1) is 0 Å². The topological polar surface area (TPSA) is 134 Å². The third-order valence-electron chi connectivity index (χ3n) is 11.2. The molecule has 8 aromatic rings. The van der Waals surface area contributed by atoms with Gasteiger partial charge in [0.1, 0.15) is 27.7 Å². The fourth-order valence-corrected chi connectivity index (χ4v) is 8.47. The van der Waals surface area contributed by atoms with E-state index in [2.05, 4.69) is 64.7 Å². The predicted molar refractivity (Wildman–Crippen MR) is 268 cm³/mol. The van der Waals surface area contributed by atoms with Gasteiger partial charge in [0.15, 0.2) is 11.2 Å². The van der Waals surface area contributed by atoms with Gasteiger partial charge in [-0.3, -0.25) is 4.79 Å². The SMILES string of the molecule is CCCc1cc2c(-c3ccccc3)noc2c(CCC)c1O.CCCc1cc2c(-c3ccccc3)noc2c(CCC)c1OC(C(=O)OC)c1ccccc1.COC(=O)C(Br)c1ccccc1. The zero-order chi connectivity index (χ0) is 47.7. The molecule has 0 saturated heterocycles. The number of rotatable bonds is 16. The summed E-state index contributed by atoms with van der Waals surface area (Å²) in [5.41, 5.74) is 10.7. The van der Waals surface area contributed by atoms with Gasteiger partial charge in [0, 0.05) is 27.8 Å². The van der Waals surface area contributed by atoms with E-state index in [-0.39, 0.29) is 10.8 Å². The van der Waals surface area contributed by atoms with Crippen molar-refractivity contribution in [3.05, 3.63) is 167 Å². The minimum Gasteiger partial charge on any atom is -0.507 e. The first-order chi connectivity index (χ1) is 32.7. The highest BCUT2D eigenvalue weighted by Crippen LogP contribution is 2.41. The number of aromatic hydroxyl groups is 1. The van der Waals surface area contributed by atoms with Gasteiger partial charge in [-0.2, -0.15) is 0 Å². The summed E-state index contributed by atoms with van der Waals surface area (Å²) in [4.78, 5) is 23.4. The van der Waals surface area contributed by atoms with Crippen LogP contribution in [0.3, 0.4) is 0 Å². The van der Waals surface area contributed by atoms with Crippen molar-refractivity contribution in [1.29, 1.82) is 0 Å². The quantitative estimate of drug-likeness (QED) is 0.0737. The van der Waals surface area contributed by atoms with Gasteiger partial charge < -0.3 is 28.4 Å². The number of aryl methyl sites for hydroxylation is 4. The van der Waals surface area contributed by atoms with Crippen LogP contribution in [-0.4, -0.2) is 41.6 Å². The summed E-state index contributed by atoms with van der Waals surface area (Å²) in [6.45, 7) is 8.47. The van der Waals surface area contributed by atoms with Crippen molar-refractivity contribution in [3.8, 4) is 34.0 Å². The number of ether oxygens (including phenoxy) is 3. The van der Waals surface area contributed by atoms with Crippen LogP contribution in [0.15, 0.2) is 143 Å². The number of aromatic nitrogens is 2. The Morgan fingerprint density at radius 1 is 0.567 bits per heavy atom. The van der Waals surface area contributed by atoms with Crippen molar-refractivity contribution in [3.63, 3.8) is 0 Å². The van der Waals surface area contributed by atoms with E-state index in [1.807, 2.05) is 127 Å². The first-order valence-corrected chi connectivity index (χ1v) is 23.8. The molecule has 0 aliphatic carbocycles. The Labute approximate surface area is 401 Å². The van der Waals surface area contributed by atoms with Gasteiger partial charge >= 0.3 is 11.9 Å². The van der Waals surface area contributed by atoms with Crippen LogP contribution >= 0.6 is 15.9 Å². The normalized spacial score (nSPS) is 11.7. The summed E-state index contributed by atoms with van der Waals surface area (Å²) in [5.74, 6) is 0.364. The second kappa shape index (κ2) is 24.7. The molecule has 2 unspecified atom stereocenters. The zero-order valence-electron chi connectivity index (χ0n) is 39.1. The number of alkyl halides is 1. The number of hydrogen-bond acceptors (Lipinski definition) is 10. The summed E-state index contributed by atoms with van der Waals surface area (Å²) in [6.07, 6.45) is 6.14. The molecule has 6 aromatic carbocycles. The number of phenols is 1. The van der Waals surface area contributed by atoms with Crippen LogP contribution in [0.1, 0.15) is 97.7 Å². The fourth-order valence-electron chi connectivity index (χ4n) is 7.97. The lowest BCUT2D eigenvalue weighted by Crippen LogP contribution is -2.21. The molecular weight excluding hydrogens is 909 g/mol. The second-order valence-corrected chi connectivity index (χ2v) is 16.9. The Bertz CT molecular complexity index is 2810. The molecule has 0 radical (unpaired) electrons. The molecule has 2 aromatic heterocycles. The molecule has 67 heavy (non-hydrogen) atoms. The largest absolute Gasteiger partial charge is 0.507 e. The molecule has 0 amide bonds. The number of benzene rings is 6. The molecule has 0 fully saturated rings. The van der Waals surface area contributed by atoms with Crippen LogP contribution in [0.2, 0.25) is 0 Å². The van der Waals surface area contributed by atoms with E-state index in [1.54, 1.807) is 0 Å². The Kier molecular flexibility index (Phi) is 18.3. The molecule has 0 aliphatic heterocycles. The molecule has 1 N–H and O–H groups in total. The Morgan fingerprint density at radius 3 is 1.46 bits per heavy atom. The van der Waals surface area contributed by atoms with Gasteiger partial charge in [-0.1, -0.05) is 201 Å². The maximum atomic E-state index is 12.7. The minimum absolute atomic E-state index is 0.277. The van der Waals surface area contributed by atoms with Crippen molar-refractivity contribution in [2.24, 2.45) is 0 Å². The fraction of sp³-hybridized carbons (Fsp3) is 0.286. The Hall–Kier alpha value is -6.72. The van der Waals surface area contributed by atoms with Crippen molar-refractivity contribution >= 4 is 49.8 Å². The summed E-state index contributed by atoms with van der Waals surface area (Å²) in [5, 5.41) is 21.2. The van der Waals surface area contributed by atoms with E-state index in [9.17, 15) is 14.7 Å². The Balaban J connectivity index is 0.000000186. The highest BCUT2D eigenvalue weighted by molar-refractivity contribution is 9.09. The van der Waals surface area contributed by atoms with Crippen LogP contribution in [0.25, 0.3) is 44.5 Å². The van der Waals surface area contributed by atoms with Gasteiger partial charge in [-0.25, -0.2) is 4.79 Å². The molecule has 2 atom stereocenters. The number of carbonyl (C=O) groups excluding carboxylic acids is 2. The molecule has 8 rings (SSSR count). The predicted octanol–water partition coefficient (Wildman–Crippen LogP) is 14.1. The number of methoxy groups -OCH3 is 2. The Morgan fingerprint density at radius 2 is 0.985 bits per heavy atom. The van der Waals surface area contributed by atoms with E-state index >= 15 is 0 Å². The summed E-state index contributed by atoms with van der Waals surface area (Å²) >= 11 is 3.24. The molecular formula is C56H59BrN2O8. The monoisotopic (exact) mass is 966 g/mol. The second-order valence-electron chi connectivity index (χ2n) is 16.0. The standard InChI is InChI=1S/C28H29NO4.C19H21NO2.C9H9BrO2/c1-4-12-21-18-23-24(19-14-8-6-9-15-19)29-33-27(23)22(13-5-2)25(21)32-26(28(30)31-3)20-16-10-7-11-17-20;1-3-8-14-12-16-17(13-10-6-5-7-11-13)20-22-19(16)15(9-4-2)18(14)21;1-12-9(11)8(10)7-5-3-2-4-6-7/h6-11,14-18,26H,4-5,12-13H2,1-3H3;5-7,10-12,21H,3-4,8-9H2,1-2H3;2-6,8H,1H3. The van der Waals surface area contributed by atoms with Crippen molar-refractivity contribution in [2.45, 2.75) is 90.0 Å². The summed E-state index contributed by atoms with van der Waals surface area (Å²) in [6, 6.07) is 43.1. The van der Waals surface area contributed by atoms with Crippen molar-refractivity contribution in [2.75, 3.05) is 14.2 Å². The number of carbonyl (C=O) groups is 2. The highest BCUT2D eigenvalue weighted by Gasteiger charge is 2.29. The summed E-state index contributed by atoms with van der Waals surface area (Å²) < 4.78 is 27.6. The minimum atomic E-state index is -0.864. The lowest BCUT2D eigenvalue weighted by atomic mass is 9.96. The van der Waals surface area contributed by atoms with Gasteiger partial charge in [0.25, 0.3) is 0 Å². The molecule has 348 valence electrons. The number of nitrogens with zero attached hydrogens (tertiary/aromatic N) is 2. The summed E-state index contributed by atoms with van der Waals surface area (Å²) in [7, 11) is 2.76. The maximum Gasteiger partial charge on any atom is 0.351 e. The first-order valence-electron chi connectivity index (χ1n) is 22.9. The lowest BCUT2D eigenvalue weighted by Gasteiger charge is -2.22. The smallest absolute Gasteiger partial charge is 0.351 e. The number of fused-ring (bicyclic) bond motifs is 2. The van der Waals surface area contributed by atoms with Crippen LogP contribution < -0.4 is 4.74 Å². The first kappa shape index (κ1) is 49.7. The van der Waals surface area contributed by atoms with E-state index in [0.29, 0.717) is 17.1 Å².